The van der Waals surface area contributed by atoms with Gasteiger partial charge >= 0.3 is 0 Å². The molecule has 12 rings (SSSR count). The van der Waals surface area contributed by atoms with Gasteiger partial charge in [-0.2, -0.15) is 0 Å². The van der Waals surface area contributed by atoms with Gasteiger partial charge in [0.2, 0.25) is 0 Å². The molecule has 9 aromatic carbocycles. The van der Waals surface area contributed by atoms with E-state index in [1.54, 1.807) is 0 Å². The summed E-state index contributed by atoms with van der Waals surface area (Å²) in [6.45, 7) is 0. The third-order valence-electron chi connectivity index (χ3n) is 11.7. The molecular weight excluding hydrogens is 667 g/mol. The number of hydrogen-bond donors (Lipinski definition) is 1. The van der Waals surface area contributed by atoms with Crippen molar-refractivity contribution in [1.82, 2.24) is 14.1 Å². The number of aromatic nitrogens is 3. The SMILES string of the molecule is c1ccc(-n2c3ccccc3c3cc(-c4ccc5c(c4)c4ccccc4n5-c4ccc(-c5cccc6c5[nH]c5ccccc56)c5ccccc45)ccc32)cc1. The summed E-state index contributed by atoms with van der Waals surface area (Å²) >= 11 is 0. The van der Waals surface area contributed by atoms with E-state index in [0.29, 0.717) is 0 Å². The van der Waals surface area contributed by atoms with Crippen LogP contribution in [-0.4, -0.2) is 14.1 Å². The van der Waals surface area contributed by atoms with Crippen molar-refractivity contribution in [2.45, 2.75) is 0 Å². The van der Waals surface area contributed by atoms with Crippen LogP contribution in [0.5, 0.6) is 0 Å². The van der Waals surface area contributed by atoms with Crippen LogP contribution in [0.2, 0.25) is 0 Å². The molecule has 0 amide bonds. The first kappa shape index (κ1) is 30.1. The molecule has 0 aliphatic heterocycles. The minimum atomic E-state index is 1.16. The van der Waals surface area contributed by atoms with Crippen LogP contribution in [0.15, 0.2) is 194 Å². The van der Waals surface area contributed by atoms with E-state index in [1.165, 1.54) is 104 Å². The number of rotatable bonds is 4. The first-order chi connectivity index (χ1) is 27.3. The number of para-hydroxylation sites is 5. The van der Waals surface area contributed by atoms with E-state index in [1.807, 2.05) is 0 Å². The lowest BCUT2D eigenvalue weighted by Gasteiger charge is -2.15. The molecule has 256 valence electrons. The Hall–Kier alpha value is -7.36. The Morgan fingerprint density at radius 1 is 0.309 bits per heavy atom. The predicted molar refractivity (Wildman–Crippen MR) is 233 cm³/mol. The van der Waals surface area contributed by atoms with Gasteiger partial charge in [-0.15, -0.1) is 0 Å². The molecule has 3 heterocycles. The maximum Gasteiger partial charge on any atom is 0.0544 e. The Balaban J connectivity index is 1.04. The van der Waals surface area contributed by atoms with Gasteiger partial charge in [-0.25, -0.2) is 0 Å². The molecule has 0 spiro atoms. The fourth-order valence-corrected chi connectivity index (χ4v) is 9.23. The number of fused-ring (bicyclic) bond motifs is 10. The second-order valence-electron chi connectivity index (χ2n) is 14.6. The molecule has 0 saturated heterocycles. The van der Waals surface area contributed by atoms with Gasteiger partial charge in [-0.05, 0) is 82.7 Å². The Labute approximate surface area is 316 Å². The average molecular weight is 700 g/mol. The largest absolute Gasteiger partial charge is 0.354 e. The second kappa shape index (κ2) is 11.6. The number of aromatic amines is 1. The summed E-state index contributed by atoms with van der Waals surface area (Å²) in [7, 11) is 0. The first-order valence-corrected chi connectivity index (χ1v) is 18.9. The summed E-state index contributed by atoms with van der Waals surface area (Å²) in [6.07, 6.45) is 0. The third-order valence-corrected chi connectivity index (χ3v) is 11.7. The van der Waals surface area contributed by atoms with Crippen molar-refractivity contribution >= 4 is 76.2 Å². The van der Waals surface area contributed by atoms with Gasteiger partial charge in [-0.3, -0.25) is 0 Å². The number of benzene rings is 9. The molecule has 3 nitrogen and oxygen atoms in total. The Morgan fingerprint density at radius 2 is 0.855 bits per heavy atom. The van der Waals surface area contributed by atoms with Crippen LogP contribution in [0.1, 0.15) is 0 Å². The molecule has 0 atom stereocenters. The number of H-pyrrole nitrogens is 1. The summed E-state index contributed by atoms with van der Waals surface area (Å²) in [5.41, 5.74) is 14.4. The molecule has 55 heavy (non-hydrogen) atoms. The van der Waals surface area contributed by atoms with Crippen LogP contribution in [0, 0.1) is 0 Å². The average Bonchev–Trinajstić information content (AvgIpc) is 3.91. The highest BCUT2D eigenvalue weighted by atomic mass is 15.0. The quantitative estimate of drug-likeness (QED) is 0.189. The maximum absolute atomic E-state index is 3.74. The van der Waals surface area contributed by atoms with Gasteiger partial charge in [0.25, 0.3) is 0 Å². The Morgan fingerprint density at radius 3 is 1.58 bits per heavy atom. The molecule has 0 unspecified atom stereocenters. The Kier molecular flexibility index (Phi) is 6.34. The highest BCUT2D eigenvalue weighted by Crippen LogP contribution is 2.42. The number of hydrogen-bond acceptors (Lipinski definition) is 0. The molecule has 0 bridgehead atoms. The first-order valence-electron chi connectivity index (χ1n) is 18.9. The zero-order valence-corrected chi connectivity index (χ0v) is 29.9. The van der Waals surface area contributed by atoms with Crippen LogP contribution < -0.4 is 0 Å². The van der Waals surface area contributed by atoms with Crippen LogP contribution >= 0.6 is 0 Å². The van der Waals surface area contributed by atoms with Crippen molar-refractivity contribution in [1.29, 1.82) is 0 Å². The van der Waals surface area contributed by atoms with E-state index in [9.17, 15) is 0 Å². The lowest BCUT2D eigenvalue weighted by Crippen LogP contribution is -1.96. The summed E-state index contributed by atoms with van der Waals surface area (Å²) in [4.78, 5) is 3.74. The molecule has 3 heteroatoms. The third kappa shape index (κ3) is 4.38. The van der Waals surface area contributed by atoms with Gasteiger partial charge in [0.15, 0.2) is 0 Å². The van der Waals surface area contributed by atoms with Crippen LogP contribution in [-0.2, 0) is 0 Å². The van der Waals surface area contributed by atoms with Crippen molar-refractivity contribution in [3.63, 3.8) is 0 Å². The summed E-state index contributed by atoms with van der Waals surface area (Å²) in [5, 5.41) is 9.97. The number of nitrogens with zero attached hydrogens (tertiary/aromatic N) is 2. The maximum atomic E-state index is 3.74. The summed E-state index contributed by atoms with van der Waals surface area (Å²) < 4.78 is 4.84. The van der Waals surface area contributed by atoms with Gasteiger partial charge in [-0.1, -0.05) is 133 Å². The molecular formula is C52H33N3. The van der Waals surface area contributed by atoms with Gasteiger partial charge in [0, 0.05) is 54.5 Å². The van der Waals surface area contributed by atoms with E-state index >= 15 is 0 Å². The highest BCUT2D eigenvalue weighted by molar-refractivity contribution is 6.17. The van der Waals surface area contributed by atoms with E-state index in [-0.39, 0.29) is 0 Å². The van der Waals surface area contributed by atoms with Gasteiger partial charge in [0.05, 0.1) is 33.3 Å². The normalized spacial score (nSPS) is 12.0. The highest BCUT2D eigenvalue weighted by Gasteiger charge is 2.19. The van der Waals surface area contributed by atoms with Crippen LogP contribution in [0.4, 0.5) is 0 Å². The molecule has 0 radical (unpaired) electrons. The molecule has 3 aromatic heterocycles. The smallest absolute Gasteiger partial charge is 0.0544 e. The van der Waals surface area contributed by atoms with Crippen molar-refractivity contribution in [2.75, 3.05) is 0 Å². The van der Waals surface area contributed by atoms with Crippen LogP contribution in [0.3, 0.4) is 0 Å². The van der Waals surface area contributed by atoms with Gasteiger partial charge in [0.1, 0.15) is 0 Å². The van der Waals surface area contributed by atoms with E-state index in [4.69, 9.17) is 0 Å². The zero-order valence-electron chi connectivity index (χ0n) is 29.9. The monoisotopic (exact) mass is 699 g/mol. The standard InChI is InChI=1S/C52H33N3/c1-2-13-35(14-3-1)54-47-23-10-7-18-40(47)44-31-33(25-28-50(44)54)34-26-29-51-45(32-34)41-19-8-11-24-48(41)55(51)49-30-27-37(36-15-4-5-17-39(36)49)42-20-12-21-43-38-16-6-9-22-46(38)53-52(42)43/h1-32,53H. The van der Waals surface area contributed by atoms with Crippen molar-refractivity contribution < 1.29 is 0 Å². The predicted octanol–water partition coefficient (Wildman–Crippen LogP) is 14.0. The Bertz CT molecular complexity index is 3490. The fraction of sp³-hybridized carbons (Fsp3) is 0. The van der Waals surface area contributed by atoms with Crippen molar-refractivity contribution in [3.05, 3.63) is 194 Å². The van der Waals surface area contributed by atoms with E-state index in [2.05, 4.69) is 208 Å². The summed E-state index contributed by atoms with van der Waals surface area (Å²) in [5.74, 6) is 0. The molecule has 0 saturated carbocycles. The summed E-state index contributed by atoms with van der Waals surface area (Å²) in [6, 6.07) is 70.9. The molecule has 0 fully saturated rings. The lowest BCUT2D eigenvalue weighted by molar-refractivity contribution is 1.18. The lowest BCUT2D eigenvalue weighted by atomic mass is 9.95. The molecule has 0 aliphatic carbocycles. The van der Waals surface area contributed by atoms with E-state index in [0.717, 1.165) is 5.52 Å². The van der Waals surface area contributed by atoms with Crippen molar-refractivity contribution in [2.24, 2.45) is 0 Å². The minimum absolute atomic E-state index is 1.16. The fourth-order valence-electron chi connectivity index (χ4n) is 9.23. The molecule has 0 aliphatic rings. The topological polar surface area (TPSA) is 25.6 Å². The molecule has 12 aromatic rings. The van der Waals surface area contributed by atoms with Crippen molar-refractivity contribution in [3.8, 4) is 33.6 Å². The second-order valence-corrected chi connectivity index (χ2v) is 14.6. The van der Waals surface area contributed by atoms with Gasteiger partial charge < -0.3 is 14.1 Å². The van der Waals surface area contributed by atoms with Crippen LogP contribution in [0.25, 0.3) is 110 Å². The zero-order chi connectivity index (χ0) is 36.0. The molecule has 1 N–H and O–H groups in total. The van der Waals surface area contributed by atoms with E-state index < -0.39 is 0 Å². The number of nitrogens with one attached hydrogen (secondary N) is 1. The minimum Gasteiger partial charge on any atom is -0.354 e.